The highest BCUT2D eigenvalue weighted by atomic mass is 16.3. The van der Waals surface area contributed by atoms with Gasteiger partial charge < -0.3 is 15.3 Å². The second-order valence-electron chi connectivity index (χ2n) is 7.33. The molecule has 0 aromatic heterocycles. The maximum atomic E-state index is 12.4. The Morgan fingerprint density at radius 2 is 1.95 bits per heavy atom. The lowest BCUT2D eigenvalue weighted by Crippen LogP contribution is -2.49. The first-order chi connectivity index (χ1) is 10.1. The van der Waals surface area contributed by atoms with E-state index in [1.807, 2.05) is 4.90 Å². The molecule has 1 heterocycles. The number of hydrogen-bond acceptors (Lipinski definition) is 2. The molecule has 122 valence electrons. The molecule has 2 fully saturated rings. The molecule has 2 atom stereocenters. The minimum absolute atomic E-state index is 0.118. The van der Waals surface area contributed by atoms with Gasteiger partial charge >= 0.3 is 6.03 Å². The van der Waals surface area contributed by atoms with Crippen molar-refractivity contribution in [3.8, 4) is 0 Å². The molecule has 2 rings (SSSR count). The number of urea groups is 1. The first-order valence-electron chi connectivity index (χ1n) is 8.76. The van der Waals surface area contributed by atoms with Gasteiger partial charge in [-0.3, -0.25) is 0 Å². The molecule has 0 radical (unpaired) electrons. The van der Waals surface area contributed by atoms with Crippen molar-refractivity contribution < 1.29 is 9.90 Å². The van der Waals surface area contributed by atoms with Crippen molar-refractivity contribution >= 4 is 6.03 Å². The molecule has 2 aliphatic rings. The summed E-state index contributed by atoms with van der Waals surface area (Å²) in [5.74, 6) is 1.81. The lowest BCUT2D eigenvalue weighted by Gasteiger charge is -2.33. The quantitative estimate of drug-likeness (QED) is 0.819. The molecule has 2 unspecified atom stereocenters. The summed E-state index contributed by atoms with van der Waals surface area (Å²) in [5, 5.41) is 12.4. The molecule has 21 heavy (non-hydrogen) atoms. The number of aliphatic hydroxyl groups is 1. The maximum Gasteiger partial charge on any atom is 0.317 e. The lowest BCUT2D eigenvalue weighted by atomic mass is 9.93. The van der Waals surface area contributed by atoms with Crippen LogP contribution in [0, 0.1) is 17.8 Å². The van der Waals surface area contributed by atoms with Gasteiger partial charge in [-0.2, -0.15) is 0 Å². The molecule has 0 bridgehead atoms. The van der Waals surface area contributed by atoms with E-state index in [4.69, 9.17) is 5.11 Å². The monoisotopic (exact) mass is 296 g/mol. The van der Waals surface area contributed by atoms with Gasteiger partial charge in [-0.25, -0.2) is 4.79 Å². The fourth-order valence-corrected chi connectivity index (χ4v) is 3.69. The number of amides is 2. The predicted molar refractivity (Wildman–Crippen MR) is 85.1 cm³/mol. The Labute approximate surface area is 129 Å². The molecule has 2 N–H and O–H groups in total. The van der Waals surface area contributed by atoms with E-state index in [1.54, 1.807) is 0 Å². The van der Waals surface area contributed by atoms with Crippen LogP contribution in [0.25, 0.3) is 0 Å². The summed E-state index contributed by atoms with van der Waals surface area (Å²) in [6.45, 7) is 6.39. The number of hydrogen-bond donors (Lipinski definition) is 2. The third-order valence-electron chi connectivity index (χ3n) is 5.24. The largest absolute Gasteiger partial charge is 0.396 e. The van der Waals surface area contributed by atoms with Crippen LogP contribution in [0.2, 0.25) is 0 Å². The number of carbonyl (C=O) groups excluding carboxylic acids is 1. The molecule has 1 aliphatic heterocycles. The molecule has 0 aromatic rings. The third kappa shape index (κ3) is 4.87. The Kier molecular flexibility index (Phi) is 6.34. The van der Waals surface area contributed by atoms with Crippen LogP contribution in [0.1, 0.15) is 58.8 Å². The van der Waals surface area contributed by atoms with Crippen LogP contribution in [0.4, 0.5) is 4.79 Å². The molecule has 1 aliphatic carbocycles. The number of nitrogens with zero attached hydrogens (tertiary/aromatic N) is 1. The van der Waals surface area contributed by atoms with E-state index in [0.717, 1.165) is 38.3 Å². The Balaban J connectivity index is 1.76. The Bertz CT molecular complexity index is 325. The van der Waals surface area contributed by atoms with Crippen LogP contribution in [0.15, 0.2) is 0 Å². The van der Waals surface area contributed by atoms with Gasteiger partial charge in [-0.15, -0.1) is 0 Å². The Morgan fingerprint density at radius 1 is 1.24 bits per heavy atom. The highest BCUT2D eigenvalue weighted by Crippen LogP contribution is 2.31. The minimum Gasteiger partial charge on any atom is -0.396 e. The van der Waals surface area contributed by atoms with Crippen LogP contribution < -0.4 is 5.32 Å². The van der Waals surface area contributed by atoms with Gasteiger partial charge in [0.2, 0.25) is 0 Å². The standard InChI is InChI=1S/C17H32N2O2/c1-13(2)6-7-15-4-3-5-16(15)18-17(21)19-10-8-14(12-20)9-11-19/h13-16,20H,3-12H2,1-2H3,(H,18,21). The summed E-state index contributed by atoms with van der Waals surface area (Å²) in [4.78, 5) is 14.3. The average Bonchev–Trinajstić information content (AvgIpc) is 2.92. The van der Waals surface area contributed by atoms with Crippen molar-refractivity contribution in [2.45, 2.75) is 64.8 Å². The SMILES string of the molecule is CC(C)CCC1CCCC1NC(=O)N1CCC(CO)CC1. The second-order valence-corrected chi connectivity index (χ2v) is 7.33. The van der Waals surface area contributed by atoms with Crippen molar-refractivity contribution in [3.63, 3.8) is 0 Å². The van der Waals surface area contributed by atoms with Crippen molar-refractivity contribution in [2.24, 2.45) is 17.8 Å². The van der Waals surface area contributed by atoms with Crippen molar-refractivity contribution in [1.82, 2.24) is 10.2 Å². The van der Waals surface area contributed by atoms with Crippen LogP contribution in [-0.2, 0) is 0 Å². The first-order valence-corrected chi connectivity index (χ1v) is 8.76. The van der Waals surface area contributed by atoms with Crippen LogP contribution >= 0.6 is 0 Å². The average molecular weight is 296 g/mol. The Hall–Kier alpha value is -0.770. The van der Waals surface area contributed by atoms with Gasteiger partial charge in [-0.1, -0.05) is 26.7 Å². The molecule has 4 nitrogen and oxygen atoms in total. The van der Waals surface area contributed by atoms with Gasteiger partial charge in [0, 0.05) is 25.7 Å². The molecule has 0 spiro atoms. The van der Waals surface area contributed by atoms with Crippen molar-refractivity contribution in [2.75, 3.05) is 19.7 Å². The molecule has 1 saturated carbocycles. The zero-order chi connectivity index (χ0) is 15.2. The van der Waals surface area contributed by atoms with Gasteiger partial charge in [0.1, 0.15) is 0 Å². The van der Waals surface area contributed by atoms with Gasteiger partial charge in [0.05, 0.1) is 0 Å². The van der Waals surface area contributed by atoms with Gasteiger partial charge in [0.25, 0.3) is 0 Å². The van der Waals surface area contributed by atoms with Crippen LogP contribution in [0.3, 0.4) is 0 Å². The van der Waals surface area contributed by atoms with E-state index in [-0.39, 0.29) is 12.6 Å². The summed E-state index contributed by atoms with van der Waals surface area (Å²) in [6, 6.07) is 0.500. The van der Waals surface area contributed by atoms with E-state index in [0.29, 0.717) is 17.9 Å². The van der Waals surface area contributed by atoms with Gasteiger partial charge in [-0.05, 0) is 49.9 Å². The number of likely N-dealkylation sites (tertiary alicyclic amines) is 1. The summed E-state index contributed by atoms with van der Waals surface area (Å²) < 4.78 is 0. The molecule has 4 heteroatoms. The Morgan fingerprint density at radius 3 is 2.57 bits per heavy atom. The van der Waals surface area contributed by atoms with Crippen molar-refractivity contribution in [3.05, 3.63) is 0 Å². The molecular weight excluding hydrogens is 264 g/mol. The summed E-state index contributed by atoms with van der Waals surface area (Å²) in [6.07, 6.45) is 8.04. The van der Waals surface area contributed by atoms with E-state index in [1.165, 1.54) is 25.7 Å². The van der Waals surface area contributed by atoms with E-state index < -0.39 is 0 Å². The minimum atomic E-state index is 0.118. The summed E-state index contributed by atoms with van der Waals surface area (Å²) in [7, 11) is 0. The molecule has 1 saturated heterocycles. The lowest BCUT2D eigenvalue weighted by molar-refractivity contribution is 0.134. The normalized spacial score (nSPS) is 27.3. The zero-order valence-electron chi connectivity index (χ0n) is 13.7. The molecule has 0 aromatic carbocycles. The van der Waals surface area contributed by atoms with Crippen LogP contribution in [-0.4, -0.2) is 41.8 Å². The maximum absolute atomic E-state index is 12.4. The third-order valence-corrected chi connectivity index (χ3v) is 5.24. The second kappa shape index (κ2) is 8.02. The highest BCUT2D eigenvalue weighted by molar-refractivity contribution is 5.74. The fraction of sp³-hybridized carbons (Fsp3) is 0.941. The molecular formula is C17H32N2O2. The van der Waals surface area contributed by atoms with E-state index in [9.17, 15) is 4.79 Å². The van der Waals surface area contributed by atoms with E-state index >= 15 is 0 Å². The zero-order valence-corrected chi connectivity index (χ0v) is 13.7. The molecule has 2 amide bonds. The number of rotatable bonds is 5. The van der Waals surface area contributed by atoms with E-state index in [2.05, 4.69) is 19.2 Å². The number of aliphatic hydroxyl groups excluding tert-OH is 1. The first kappa shape index (κ1) is 16.6. The number of carbonyl (C=O) groups is 1. The van der Waals surface area contributed by atoms with Gasteiger partial charge in [0.15, 0.2) is 0 Å². The van der Waals surface area contributed by atoms with Crippen molar-refractivity contribution in [1.29, 1.82) is 0 Å². The number of piperidine rings is 1. The summed E-state index contributed by atoms with van der Waals surface area (Å²) >= 11 is 0. The predicted octanol–water partition coefficient (Wildman–Crippen LogP) is 3.01. The smallest absolute Gasteiger partial charge is 0.317 e. The summed E-state index contributed by atoms with van der Waals surface area (Å²) in [5.41, 5.74) is 0. The topological polar surface area (TPSA) is 52.6 Å². The van der Waals surface area contributed by atoms with Crippen LogP contribution in [0.5, 0.6) is 0 Å². The highest BCUT2D eigenvalue weighted by Gasteiger charge is 2.30. The fourth-order valence-electron chi connectivity index (χ4n) is 3.69. The number of nitrogens with one attached hydrogen (secondary N) is 1.